The molecule has 2 nitrogen and oxygen atoms in total. The fraction of sp³-hybridized carbons (Fsp3) is 0.0400. The number of hydrogen-bond acceptors (Lipinski definition) is 3. The van der Waals surface area contributed by atoms with Crippen LogP contribution in [-0.2, 0) is 16.2 Å². The Morgan fingerprint density at radius 3 is 1.21 bits per heavy atom. The molecule has 0 bridgehead atoms. The molecule has 78 heavy (non-hydrogen) atoms. The first-order valence-electron chi connectivity index (χ1n) is 27.1. The van der Waals surface area contributed by atoms with E-state index in [0.717, 1.165) is 39.7 Å². The first-order chi connectivity index (χ1) is 38.7. The molecular weight excluding hydrogens is 963 g/mol. The Morgan fingerprint density at radius 2 is 0.654 bits per heavy atom. The van der Waals surface area contributed by atoms with Gasteiger partial charge in [-0.3, -0.25) is 0 Å². The van der Waals surface area contributed by atoms with Gasteiger partial charge >= 0.3 is 0 Å². The third kappa shape index (κ3) is 5.48. The van der Waals surface area contributed by atoms with Crippen molar-refractivity contribution in [3.8, 4) is 44.9 Å². The van der Waals surface area contributed by atoms with Crippen LogP contribution in [0, 0.1) is 0 Å². The summed E-state index contributed by atoms with van der Waals surface area (Å²) in [5.74, 6) is 1.76. The van der Waals surface area contributed by atoms with Crippen LogP contribution in [0.5, 0.6) is 11.5 Å². The zero-order chi connectivity index (χ0) is 51.2. The lowest BCUT2D eigenvalue weighted by Gasteiger charge is -2.40. The van der Waals surface area contributed by atoms with Crippen molar-refractivity contribution in [3.05, 3.63) is 352 Å². The predicted molar refractivity (Wildman–Crippen MR) is 317 cm³/mol. The lowest BCUT2D eigenvalue weighted by Crippen LogP contribution is -2.32. The van der Waals surface area contributed by atoms with Crippen LogP contribution in [0.4, 0.5) is 17.1 Å². The molecule has 3 aliphatic carbocycles. The molecule has 0 radical (unpaired) electrons. The molecule has 0 saturated carbocycles. The minimum absolute atomic E-state index is 0.572. The highest BCUT2D eigenvalue weighted by atomic mass is 32.2. The van der Waals surface area contributed by atoms with E-state index in [0.29, 0.717) is 0 Å². The quantitative estimate of drug-likeness (QED) is 0.170. The van der Waals surface area contributed by atoms with Crippen molar-refractivity contribution < 1.29 is 4.74 Å². The smallest absolute Gasteiger partial charge is 0.132 e. The maximum absolute atomic E-state index is 6.85. The molecule has 0 unspecified atom stereocenters. The van der Waals surface area contributed by atoms with E-state index in [2.05, 4.69) is 290 Å². The largest absolute Gasteiger partial charge is 0.457 e. The highest BCUT2D eigenvalue weighted by molar-refractivity contribution is 7.99. The second-order valence-electron chi connectivity index (χ2n) is 21.3. The maximum atomic E-state index is 6.85. The summed E-state index contributed by atoms with van der Waals surface area (Å²) >= 11 is 1.89. The minimum Gasteiger partial charge on any atom is -0.457 e. The zero-order valence-electron chi connectivity index (χ0n) is 42.4. The Labute approximate surface area is 458 Å². The molecule has 0 N–H and O–H groups in total. The molecule has 17 rings (SSSR count). The highest BCUT2D eigenvalue weighted by Crippen LogP contribution is 2.67. The molecule has 12 aromatic carbocycles. The molecule has 0 fully saturated rings. The van der Waals surface area contributed by atoms with Gasteiger partial charge < -0.3 is 9.64 Å². The third-order valence-corrected chi connectivity index (χ3v) is 19.0. The van der Waals surface area contributed by atoms with E-state index in [1.165, 1.54) is 98.8 Å². The number of hydrogen-bond donors (Lipinski definition) is 0. The molecular formula is C75H47NOS. The summed E-state index contributed by atoms with van der Waals surface area (Å²) < 4.78 is 6.85. The monoisotopic (exact) mass is 1010 g/mol. The summed E-state index contributed by atoms with van der Waals surface area (Å²) in [7, 11) is 0. The van der Waals surface area contributed by atoms with Crippen LogP contribution in [0.1, 0.15) is 66.8 Å². The Hall–Kier alpha value is -9.41. The van der Waals surface area contributed by atoms with Crippen molar-refractivity contribution in [2.24, 2.45) is 0 Å². The van der Waals surface area contributed by atoms with Crippen molar-refractivity contribution in [2.75, 3.05) is 4.90 Å². The summed E-state index contributed by atoms with van der Waals surface area (Å²) in [4.78, 5) is 5.22. The van der Waals surface area contributed by atoms with E-state index in [9.17, 15) is 0 Å². The van der Waals surface area contributed by atoms with E-state index in [-0.39, 0.29) is 0 Å². The number of benzene rings is 12. The van der Waals surface area contributed by atoms with E-state index in [1.807, 2.05) is 11.8 Å². The average molecular weight is 1010 g/mol. The summed E-state index contributed by atoms with van der Waals surface area (Å²) in [5.41, 5.74) is 24.0. The number of ether oxygens (including phenoxy) is 1. The van der Waals surface area contributed by atoms with Crippen LogP contribution in [0.25, 0.3) is 33.4 Å². The molecule has 364 valence electrons. The summed E-state index contributed by atoms with van der Waals surface area (Å²) in [6.45, 7) is 0. The van der Waals surface area contributed by atoms with E-state index in [4.69, 9.17) is 4.74 Å². The molecule has 2 aliphatic heterocycles. The first kappa shape index (κ1) is 43.8. The number of nitrogens with zero attached hydrogens (tertiary/aromatic N) is 1. The molecule has 5 aliphatic rings. The number of anilines is 3. The minimum atomic E-state index is -0.656. The van der Waals surface area contributed by atoms with Crippen LogP contribution in [0.2, 0.25) is 0 Å². The second kappa shape index (κ2) is 16.3. The fourth-order valence-corrected chi connectivity index (χ4v) is 16.3. The summed E-state index contributed by atoms with van der Waals surface area (Å²) in [5, 5.41) is 0. The van der Waals surface area contributed by atoms with Gasteiger partial charge in [0.05, 0.1) is 27.6 Å². The standard InChI is InChI=1S/C75H47NOS/c1-3-23-48(24-4-1)73(49-25-5-2-6-26-49)56-31-11-8-28-53(56)71-62(73)37-21-39-65(71)76(50-45-46-52-51-27-7-10-30-55(51)75(64(52)47-50)60-35-15-19-43-69(60)78-70-44-20-16-36-61(70)75)66-40-22-38-63-72(66)54-29-9-12-32-57(54)74(63)58-33-13-17-41-67(58)77-68-42-18-14-34-59(68)74/h1-47H. The van der Waals surface area contributed by atoms with Crippen molar-refractivity contribution >= 4 is 28.8 Å². The van der Waals surface area contributed by atoms with Crippen LogP contribution in [0.3, 0.4) is 0 Å². The number of rotatable bonds is 5. The van der Waals surface area contributed by atoms with Crippen LogP contribution in [-0.4, -0.2) is 0 Å². The van der Waals surface area contributed by atoms with Crippen LogP contribution < -0.4 is 9.64 Å². The first-order valence-corrected chi connectivity index (χ1v) is 27.9. The fourth-order valence-electron chi connectivity index (χ4n) is 15.1. The van der Waals surface area contributed by atoms with E-state index < -0.39 is 16.2 Å². The summed E-state index contributed by atoms with van der Waals surface area (Å²) in [6.07, 6.45) is 0. The predicted octanol–water partition coefficient (Wildman–Crippen LogP) is 18.8. The lowest BCUT2D eigenvalue weighted by molar-refractivity contribution is 0.436. The normalized spacial score (nSPS) is 15.0. The lowest BCUT2D eigenvalue weighted by atomic mass is 9.66. The van der Waals surface area contributed by atoms with Gasteiger partial charge in [0.2, 0.25) is 0 Å². The Morgan fingerprint density at radius 1 is 0.269 bits per heavy atom. The molecule has 0 amide bonds. The van der Waals surface area contributed by atoms with E-state index in [1.54, 1.807) is 0 Å². The van der Waals surface area contributed by atoms with Crippen molar-refractivity contribution in [2.45, 2.75) is 26.0 Å². The van der Waals surface area contributed by atoms with E-state index >= 15 is 0 Å². The second-order valence-corrected chi connectivity index (χ2v) is 22.4. The van der Waals surface area contributed by atoms with Gasteiger partial charge in [-0.05, 0) is 126 Å². The zero-order valence-corrected chi connectivity index (χ0v) is 43.2. The molecule has 0 atom stereocenters. The molecule has 3 heteroatoms. The topological polar surface area (TPSA) is 12.5 Å². The van der Waals surface area contributed by atoms with Gasteiger partial charge in [0.15, 0.2) is 0 Å². The van der Waals surface area contributed by atoms with Crippen molar-refractivity contribution in [3.63, 3.8) is 0 Å². The third-order valence-electron chi connectivity index (χ3n) is 17.9. The molecule has 12 aromatic rings. The maximum Gasteiger partial charge on any atom is 0.132 e. The van der Waals surface area contributed by atoms with Gasteiger partial charge in [0.25, 0.3) is 0 Å². The van der Waals surface area contributed by atoms with Gasteiger partial charge in [-0.15, -0.1) is 0 Å². The number of fused-ring (bicyclic) bond motifs is 21. The van der Waals surface area contributed by atoms with Gasteiger partial charge in [0.1, 0.15) is 11.5 Å². The average Bonchev–Trinajstić information content (AvgIpc) is 4.28. The van der Waals surface area contributed by atoms with Gasteiger partial charge in [-0.2, -0.15) is 0 Å². The Kier molecular flexibility index (Phi) is 9.15. The SMILES string of the molecule is c1ccc(C2(c3ccccc3)c3ccccc3-c3c(N(c4ccc5c(c4)C4(c6ccccc6Sc6ccccc64)c4ccccc4-5)c4cccc5c4-c4ccccc4C54c5ccccc5Oc5ccccc54)cccc32)cc1. The van der Waals surface area contributed by atoms with Gasteiger partial charge in [0, 0.05) is 37.7 Å². The van der Waals surface area contributed by atoms with Crippen molar-refractivity contribution in [1.29, 1.82) is 0 Å². The van der Waals surface area contributed by atoms with Crippen molar-refractivity contribution in [1.82, 2.24) is 0 Å². The number of para-hydroxylation sites is 2. The molecule has 2 heterocycles. The van der Waals surface area contributed by atoms with Crippen LogP contribution in [0.15, 0.2) is 295 Å². The van der Waals surface area contributed by atoms with Gasteiger partial charge in [-0.25, -0.2) is 0 Å². The molecule has 0 aromatic heterocycles. The Balaban J connectivity index is 1.01. The Bertz CT molecular complexity index is 4350. The molecule has 0 saturated heterocycles. The highest BCUT2D eigenvalue weighted by Gasteiger charge is 2.54. The van der Waals surface area contributed by atoms with Gasteiger partial charge in [-0.1, -0.05) is 248 Å². The van der Waals surface area contributed by atoms with Crippen LogP contribution >= 0.6 is 11.8 Å². The molecule has 2 spiro atoms. The summed E-state index contributed by atoms with van der Waals surface area (Å²) in [6, 6.07) is 107.